The fourth-order valence-electron chi connectivity index (χ4n) is 1.98. The van der Waals surface area contributed by atoms with Gasteiger partial charge < -0.3 is 9.72 Å². The summed E-state index contributed by atoms with van der Waals surface area (Å²) < 4.78 is 1.91. The van der Waals surface area contributed by atoms with Gasteiger partial charge in [-0.15, -0.1) is 0 Å². The predicted octanol–water partition coefficient (Wildman–Crippen LogP) is 2.92. The van der Waals surface area contributed by atoms with E-state index in [9.17, 15) is 4.79 Å². The van der Waals surface area contributed by atoms with Gasteiger partial charge >= 0.3 is 0 Å². The number of hydrogen-bond donors (Lipinski definition) is 1. The number of pyridine rings is 1. The average molecular weight is 286 g/mol. The second-order valence-corrected chi connectivity index (χ2v) is 4.77. The third-order valence-electron chi connectivity index (χ3n) is 2.96. The Morgan fingerprint density at radius 2 is 2.00 bits per heavy atom. The fourth-order valence-corrected chi connectivity index (χ4v) is 2.21. The van der Waals surface area contributed by atoms with Gasteiger partial charge in [-0.05, 0) is 24.3 Å². The van der Waals surface area contributed by atoms with Gasteiger partial charge in [0.25, 0.3) is 5.91 Å². The SMILES string of the molecule is O=C(NCc1cn2ccccc2n1)c1ccccc1Cl. The van der Waals surface area contributed by atoms with Crippen molar-refractivity contribution in [2.45, 2.75) is 6.54 Å². The van der Waals surface area contributed by atoms with E-state index < -0.39 is 0 Å². The Morgan fingerprint density at radius 3 is 2.80 bits per heavy atom. The van der Waals surface area contributed by atoms with Gasteiger partial charge in [-0.1, -0.05) is 29.8 Å². The molecule has 4 nitrogen and oxygen atoms in total. The first kappa shape index (κ1) is 12.7. The average Bonchev–Trinajstić information content (AvgIpc) is 2.88. The summed E-state index contributed by atoms with van der Waals surface area (Å²) >= 11 is 5.98. The standard InChI is InChI=1S/C15H12ClN3O/c16-13-6-2-1-5-12(13)15(20)17-9-11-10-19-8-4-3-7-14(19)18-11/h1-8,10H,9H2,(H,17,20). The number of hydrogen-bond acceptors (Lipinski definition) is 2. The number of carbonyl (C=O) groups is 1. The van der Waals surface area contributed by atoms with Crippen molar-refractivity contribution in [1.82, 2.24) is 14.7 Å². The molecule has 0 aliphatic carbocycles. The molecule has 1 amide bonds. The van der Waals surface area contributed by atoms with Crippen LogP contribution in [0, 0.1) is 0 Å². The smallest absolute Gasteiger partial charge is 0.253 e. The first-order valence-corrected chi connectivity index (χ1v) is 6.57. The number of benzene rings is 1. The molecule has 0 aliphatic rings. The van der Waals surface area contributed by atoms with E-state index >= 15 is 0 Å². The molecule has 5 heteroatoms. The molecule has 0 spiro atoms. The van der Waals surface area contributed by atoms with E-state index in [1.165, 1.54) is 0 Å². The van der Waals surface area contributed by atoms with E-state index in [2.05, 4.69) is 10.3 Å². The number of amides is 1. The number of halogens is 1. The number of imidazole rings is 1. The highest BCUT2D eigenvalue weighted by Gasteiger charge is 2.09. The van der Waals surface area contributed by atoms with Crippen LogP contribution < -0.4 is 5.32 Å². The summed E-state index contributed by atoms with van der Waals surface area (Å²) in [6.07, 6.45) is 3.81. The van der Waals surface area contributed by atoms with E-state index in [0.29, 0.717) is 17.1 Å². The summed E-state index contributed by atoms with van der Waals surface area (Å²) in [5.74, 6) is -0.201. The van der Waals surface area contributed by atoms with Crippen molar-refractivity contribution in [3.05, 3.63) is 71.1 Å². The van der Waals surface area contributed by atoms with Crippen molar-refractivity contribution in [2.75, 3.05) is 0 Å². The van der Waals surface area contributed by atoms with Crippen LogP contribution >= 0.6 is 11.6 Å². The van der Waals surface area contributed by atoms with Gasteiger partial charge in [-0.25, -0.2) is 4.98 Å². The molecule has 0 bridgehead atoms. The molecule has 0 saturated heterocycles. The Balaban J connectivity index is 1.73. The zero-order valence-electron chi connectivity index (χ0n) is 10.6. The van der Waals surface area contributed by atoms with Crippen molar-refractivity contribution >= 4 is 23.2 Å². The molecule has 3 aromatic rings. The minimum Gasteiger partial charge on any atom is -0.346 e. The Hall–Kier alpha value is -2.33. The van der Waals surface area contributed by atoms with Crippen LogP contribution in [0.2, 0.25) is 5.02 Å². The maximum atomic E-state index is 12.0. The summed E-state index contributed by atoms with van der Waals surface area (Å²) in [7, 11) is 0. The fraction of sp³-hybridized carbons (Fsp3) is 0.0667. The van der Waals surface area contributed by atoms with Crippen LogP contribution in [0.25, 0.3) is 5.65 Å². The Labute approximate surface area is 121 Å². The van der Waals surface area contributed by atoms with Crippen LogP contribution in [-0.2, 0) is 6.54 Å². The summed E-state index contributed by atoms with van der Waals surface area (Å²) in [5.41, 5.74) is 2.13. The monoisotopic (exact) mass is 285 g/mol. The lowest BCUT2D eigenvalue weighted by molar-refractivity contribution is 0.0950. The minimum atomic E-state index is -0.201. The van der Waals surface area contributed by atoms with E-state index in [1.54, 1.807) is 24.3 Å². The van der Waals surface area contributed by atoms with E-state index in [0.717, 1.165) is 11.3 Å². The summed E-state index contributed by atoms with van der Waals surface area (Å²) in [5, 5.41) is 3.26. The zero-order chi connectivity index (χ0) is 13.9. The van der Waals surface area contributed by atoms with E-state index in [1.807, 2.05) is 35.0 Å². The van der Waals surface area contributed by atoms with Gasteiger partial charge in [0.1, 0.15) is 5.65 Å². The highest BCUT2D eigenvalue weighted by atomic mass is 35.5. The lowest BCUT2D eigenvalue weighted by atomic mass is 10.2. The number of carbonyl (C=O) groups excluding carboxylic acids is 1. The largest absolute Gasteiger partial charge is 0.346 e. The molecule has 0 aliphatic heterocycles. The quantitative estimate of drug-likeness (QED) is 0.804. The maximum Gasteiger partial charge on any atom is 0.253 e. The molecule has 0 fully saturated rings. The second kappa shape index (κ2) is 5.35. The molecule has 2 heterocycles. The van der Waals surface area contributed by atoms with Crippen LogP contribution in [-0.4, -0.2) is 15.3 Å². The molecule has 0 saturated carbocycles. The van der Waals surface area contributed by atoms with Gasteiger partial charge in [0.2, 0.25) is 0 Å². The molecule has 2 aromatic heterocycles. The van der Waals surface area contributed by atoms with Crippen LogP contribution in [0.5, 0.6) is 0 Å². The Bertz CT molecular complexity index is 733. The zero-order valence-corrected chi connectivity index (χ0v) is 11.3. The molecule has 100 valence electrons. The van der Waals surface area contributed by atoms with Gasteiger partial charge in [-0.3, -0.25) is 4.79 Å². The van der Waals surface area contributed by atoms with Gasteiger partial charge in [0, 0.05) is 12.4 Å². The predicted molar refractivity (Wildman–Crippen MR) is 77.8 cm³/mol. The highest BCUT2D eigenvalue weighted by Crippen LogP contribution is 2.14. The molecule has 1 aromatic carbocycles. The normalized spacial score (nSPS) is 10.7. The van der Waals surface area contributed by atoms with Crippen molar-refractivity contribution < 1.29 is 4.79 Å². The summed E-state index contributed by atoms with van der Waals surface area (Å²) in [6, 6.07) is 12.7. The van der Waals surface area contributed by atoms with Gasteiger partial charge in [-0.2, -0.15) is 0 Å². The Morgan fingerprint density at radius 1 is 1.20 bits per heavy atom. The molecule has 0 radical (unpaired) electrons. The first-order chi connectivity index (χ1) is 9.74. The topological polar surface area (TPSA) is 46.4 Å². The van der Waals surface area contributed by atoms with Crippen LogP contribution in [0.1, 0.15) is 16.1 Å². The maximum absolute atomic E-state index is 12.0. The number of rotatable bonds is 3. The number of nitrogens with zero attached hydrogens (tertiary/aromatic N) is 2. The first-order valence-electron chi connectivity index (χ1n) is 6.19. The molecule has 0 unspecified atom stereocenters. The van der Waals surface area contributed by atoms with Crippen LogP contribution in [0.4, 0.5) is 0 Å². The van der Waals surface area contributed by atoms with Crippen molar-refractivity contribution in [1.29, 1.82) is 0 Å². The Kier molecular flexibility index (Phi) is 3.39. The molecule has 1 N–H and O–H groups in total. The second-order valence-electron chi connectivity index (χ2n) is 4.36. The number of nitrogens with one attached hydrogen (secondary N) is 1. The minimum absolute atomic E-state index is 0.201. The third-order valence-corrected chi connectivity index (χ3v) is 3.29. The molecule has 20 heavy (non-hydrogen) atoms. The number of aromatic nitrogens is 2. The molecule has 3 rings (SSSR count). The molecule has 0 atom stereocenters. The van der Waals surface area contributed by atoms with Gasteiger partial charge in [0.05, 0.1) is 22.8 Å². The van der Waals surface area contributed by atoms with Crippen molar-refractivity contribution in [2.24, 2.45) is 0 Å². The third kappa shape index (κ3) is 2.51. The van der Waals surface area contributed by atoms with Crippen LogP contribution in [0.15, 0.2) is 54.9 Å². The summed E-state index contributed by atoms with van der Waals surface area (Å²) in [6.45, 7) is 0.367. The van der Waals surface area contributed by atoms with Gasteiger partial charge in [0.15, 0.2) is 0 Å². The number of fused-ring (bicyclic) bond motifs is 1. The van der Waals surface area contributed by atoms with Crippen molar-refractivity contribution in [3.8, 4) is 0 Å². The van der Waals surface area contributed by atoms with Crippen molar-refractivity contribution in [3.63, 3.8) is 0 Å². The lowest BCUT2D eigenvalue weighted by Crippen LogP contribution is -2.23. The molecular weight excluding hydrogens is 274 g/mol. The summed E-state index contributed by atoms with van der Waals surface area (Å²) in [4.78, 5) is 16.4. The lowest BCUT2D eigenvalue weighted by Gasteiger charge is -2.04. The van der Waals surface area contributed by atoms with Crippen LogP contribution in [0.3, 0.4) is 0 Å². The van der Waals surface area contributed by atoms with E-state index in [4.69, 9.17) is 11.6 Å². The molecular formula is C15H12ClN3O. The van der Waals surface area contributed by atoms with E-state index in [-0.39, 0.29) is 5.91 Å². The highest BCUT2D eigenvalue weighted by molar-refractivity contribution is 6.33.